The first kappa shape index (κ1) is 10.1. The molecular weight excluding hydrogens is 206 g/mol. The van der Waals surface area contributed by atoms with Crippen molar-refractivity contribution in [2.45, 2.75) is 13.8 Å². The molecule has 15 heavy (non-hydrogen) atoms. The van der Waals surface area contributed by atoms with E-state index in [0.717, 1.165) is 11.4 Å². The second kappa shape index (κ2) is 3.62. The van der Waals surface area contributed by atoms with E-state index in [1.54, 1.807) is 0 Å². The third kappa shape index (κ3) is 1.61. The molecule has 0 spiro atoms. The van der Waals surface area contributed by atoms with Crippen molar-refractivity contribution in [3.05, 3.63) is 34.1 Å². The number of hydrogen-bond acceptors (Lipinski definition) is 2. The zero-order valence-electron chi connectivity index (χ0n) is 9.03. The smallest absolute Gasteiger partial charge is 0.195 e. The highest BCUT2D eigenvalue weighted by molar-refractivity contribution is 7.71. The Kier molecular flexibility index (Phi) is 2.44. The van der Waals surface area contributed by atoms with E-state index in [2.05, 4.69) is 42.2 Å². The van der Waals surface area contributed by atoms with Crippen molar-refractivity contribution in [3.8, 4) is 11.4 Å². The molecule has 2 aromatic rings. The van der Waals surface area contributed by atoms with Crippen LogP contribution in [0.1, 0.15) is 11.1 Å². The van der Waals surface area contributed by atoms with Crippen LogP contribution in [0.5, 0.6) is 0 Å². The van der Waals surface area contributed by atoms with Crippen molar-refractivity contribution >= 4 is 12.2 Å². The summed E-state index contributed by atoms with van der Waals surface area (Å²) in [6, 6.07) is 6.22. The van der Waals surface area contributed by atoms with E-state index < -0.39 is 0 Å². The number of benzene rings is 1. The molecule has 1 aromatic heterocycles. The number of aromatic amines is 1. The summed E-state index contributed by atoms with van der Waals surface area (Å²) in [5, 5.41) is 7.06. The molecule has 0 aliphatic rings. The van der Waals surface area contributed by atoms with Gasteiger partial charge in [0.15, 0.2) is 10.6 Å². The summed E-state index contributed by atoms with van der Waals surface area (Å²) in [5.74, 6) is 0.899. The number of nitrogens with one attached hydrogen (secondary N) is 1. The van der Waals surface area contributed by atoms with E-state index in [0.29, 0.717) is 4.77 Å². The maximum atomic E-state index is 5.11. The molecule has 0 fully saturated rings. The monoisotopic (exact) mass is 219 g/mol. The van der Waals surface area contributed by atoms with Gasteiger partial charge >= 0.3 is 0 Å². The Balaban J connectivity index is 2.74. The van der Waals surface area contributed by atoms with Crippen LogP contribution in [0, 0.1) is 18.6 Å². The average Bonchev–Trinajstić information content (AvgIpc) is 2.49. The molecule has 0 amide bonds. The Labute approximate surface area is 93.8 Å². The quantitative estimate of drug-likeness (QED) is 0.748. The average molecular weight is 219 g/mol. The van der Waals surface area contributed by atoms with Gasteiger partial charge < -0.3 is 4.57 Å². The van der Waals surface area contributed by atoms with E-state index in [4.69, 9.17) is 12.2 Å². The number of nitrogens with zero attached hydrogens (tertiary/aromatic N) is 2. The maximum absolute atomic E-state index is 5.11. The van der Waals surface area contributed by atoms with E-state index in [9.17, 15) is 0 Å². The molecule has 0 atom stereocenters. The lowest BCUT2D eigenvalue weighted by atomic mass is 10.0. The third-order valence-corrected chi connectivity index (χ3v) is 2.95. The van der Waals surface area contributed by atoms with Crippen LogP contribution in [0.2, 0.25) is 0 Å². The van der Waals surface area contributed by atoms with Crippen LogP contribution >= 0.6 is 12.2 Å². The van der Waals surface area contributed by atoms with Gasteiger partial charge in [-0.25, -0.2) is 0 Å². The zero-order valence-corrected chi connectivity index (χ0v) is 9.85. The SMILES string of the molecule is Cc1cccc(C)c1-c1n[nH]c(=S)n1C. The van der Waals surface area contributed by atoms with Crippen molar-refractivity contribution < 1.29 is 0 Å². The first-order valence-corrected chi connectivity index (χ1v) is 5.20. The number of rotatable bonds is 1. The Morgan fingerprint density at radius 3 is 2.33 bits per heavy atom. The Bertz CT molecular complexity index is 531. The van der Waals surface area contributed by atoms with Crippen molar-refractivity contribution in [2.24, 2.45) is 7.05 Å². The fourth-order valence-electron chi connectivity index (χ4n) is 1.74. The highest BCUT2D eigenvalue weighted by atomic mass is 32.1. The van der Waals surface area contributed by atoms with E-state index in [-0.39, 0.29) is 0 Å². The summed E-state index contributed by atoms with van der Waals surface area (Å²) in [6.45, 7) is 4.17. The van der Waals surface area contributed by atoms with Crippen LogP contribution in [0.4, 0.5) is 0 Å². The molecule has 0 saturated heterocycles. The Morgan fingerprint density at radius 1 is 1.27 bits per heavy atom. The van der Waals surface area contributed by atoms with Gasteiger partial charge in [-0.05, 0) is 37.2 Å². The van der Waals surface area contributed by atoms with Crippen LogP contribution in [-0.2, 0) is 7.05 Å². The van der Waals surface area contributed by atoms with Crippen molar-refractivity contribution in [1.82, 2.24) is 14.8 Å². The van der Waals surface area contributed by atoms with Gasteiger partial charge in [0.25, 0.3) is 0 Å². The molecule has 0 aliphatic carbocycles. The summed E-state index contributed by atoms with van der Waals surface area (Å²) < 4.78 is 2.54. The molecule has 0 saturated carbocycles. The molecule has 4 heteroatoms. The predicted octanol–water partition coefficient (Wildman–Crippen LogP) is 2.76. The van der Waals surface area contributed by atoms with Gasteiger partial charge in [0.05, 0.1) is 0 Å². The standard InChI is InChI=1S/C11H13N3S/c1-7-5-4-6-8(2)9(7)10-12-13-11(15)14(10)3/h4-6H,1-3H3,(H,13,15). The van der Waals surface area contributed by atoms with Gasteiger partial charge in [-0.15, -0.1) is 0 Å². The summed E-state index contributed by atoms with van der Waals surface area (Å²) in [7, 11) is 1.92. The van der Waals surface area contributed by atoms with Gasteiger partial charge in [-0.2, -0.15) is 5.10 Å². The fraction of sp³-hybridized carbons (Fsp3) is 0.273. The molecule has 78 valence electrons. The van der Waals surface area contributed by atoms with E-state index in [1.165, 1.54) is 11.1 Å². The molecule has 2 rings (SSSR count). The predicted molar refractivity (Wildman–Crippen MR) is 63.3 cm³/mol. The summed E-state index contributed by atoms with van der Waals surface area (Å²) >= 11 is 5.11. The second-order valence-corrected chi connectivity index (χ2v) is 4.06. The minimum absolute atomic E-state index is 0.646. The third-order valence-electron chi connectivity index (χ3n) is 2.58. The lowest BCUT2D eigenvalue weighted by Gasteiger charge is -2.07. The van der Waals surface area contributed by atoms with E-state index in [1.807, 2.05) is 11.6 Å². The molecule has 3 nitrogen and oxygen atoms in total. The van der Waals surface area contributed by atoms with Crippen LogP contribution < -0.4 is 0 Å². The maximum Gasteiger partial charge on any atom is 0.195 e. The highest BCUT2D eigenvalue weighted by Crippen LogP contribution is 2.24. The second-order valence-electron chi connectivity index (χ2n) is 3.68. The van der Waals surface area contributed by atoms with Gasteiger partial charge in [0.1, 0.15) is 0 Å². The Morgan fingerprint density at radius 2 is 1.87 bits per heavy atom. The van der Waals surface area contributed by atoms with Crippen molar-refractivity contribution in [1.29, 1.82) is 0 Å². The zero-order chi connectivity index (χ0) is 11.0. The summed E-state index contributed by atoms with van der Waals surface area (Å²) in [5.41, 5.74) is 3.59. The minimum Gasteiger partial charge on any atom is -0.303 e. The molecule has 1 N–H and O–H groups in total. The van der Waals surface area contributed by atoms with Crippen LogP contribution in [0.15, 0.2) is 18.2 Å². The van der Waals surface area contributed by atoms with Crippen molar-refractivity contribution in [3.63, 3.8) is 0 Å². The number of hydrogen-bond donors (Lipinski definition) is 1. The first-order valence-electron chi connectivity index (χ1n) is 4.79. The number of H-pyrrole nitrogens is 1. The summed E-state index contributed by atoms with van der Waals surface area (Å²) in [4.78, 5) is 0. The van der Waals surface area contributed by atoms with Crippen molar-refractivity contribution in [2.75, 3.05) is 0 Å². The summed E-state index contributed by atoms with van der Waals surface area (Å²) in [6.07, 6.45) is 0. The largest absolute Gasteiger partial charge is 0.303 e. The van der Waals surface area contributed by atoms with Crippen LogP contribution in [0.3, 0.4) is 0 Å². The topological polar surface area (TPSA) is 33.6 Å². The molecule has 0 bridgehead atoms. The number of aromatic nitrogens is 3. The van der Waals surface area contributed by atoms with Gasteiger partial charge in [0, 0.05) is 12.6 Å². The van der Waals surface area contributed by atoms with Gasteiger partial charge in [0.2, 0.25) is 0 Å². The lowest BCUT2D eigenvalue weighted by Crippen LogP contribution is -1.96. The van der Waals surface area contributed by atoms with Gasteiger partial charge in [-0.1, -0.05) is 18.2 Å². The fourth-order valence-corrected chi connectivity index (χ4v) is 1.87. The first-order chi connectivity index (χ1) is 7.11. The minimum atomic E-state index is 0.646. The molecule has 1 aromatic carbocycles. The number of aryl methyl sites for hydroxylation is 2. The Hall–Kier alpha value is -1.42. The molecule has 0 aliphatic heterocycles. The molecule has 1 heterocycles. The molecule has 0 radical (unpaired) electrons. The van der Waals surface area contributed by atoms with E-state index >= 15 is 0 Å². The van der Waals surface area contributed by atoms with Crippen LogP contribution in [0.25, 0.3) is 11.4 Å². The normalized spacial score (nSPS) is 10.6. The molecule has 0 unspecified atom stereocenters. The molecular formula is C11H13N3S. The highest BCUT2D eigenvalue weighted by Gasteiger charge is 2.10. The lowest BCUT2D eigenvalue weighted by molar-refractivity contribution is 0.900. The van der Waals surface area contributed by atoms with Gasteiger partial charge in [-0.3, -0.25) is 5.10 Å². The van der Waals surface area contributed by atoms with Crippen LogP contribution in [-0.4, -0.2) is 14.8 Å².